The molecule has 0 heterocycles. The Bertz CT molecular complexity index is 363. The first-order valence-electron chi connectivity index (χ1n) is 3.31. The third-order valence-electron chi connectivity index (χ3n) is 1.46. The Labute approximate surface area is 78.5 Å². The zero-order chi connectivity index (χ0) is 10.0. The summed E-state index contributed by atoms with van der Waals surface area (Å²) in [6.07, 6.45) is 0. The summed E-state index contributed by atoms with van der Waals surface area (Å²) in [6, 6.07) is 1.13. The first kappa shape index (κ1) is 9.98. The molecule has 0 aliphatic carbocycles. The van der Waals surface area contributed by atoms with Crippen molar-refractivity contribution in [1.82, 2.24) is 0 Å². The van der Waals surface area contributed by atoms with E-state index in [0.29, 0.717) is 12.1 Å². The molecule has 1 rings (SSSR count). The van der Waals surface area contributed by atoms with E-state index < -0.39 is 17.5 Å². The largest absolute Gasteiger partial charge is 0.398 e. The molecule has 0 aromatic heterocycles. The highest BCUT2D eigenvalue weighted by molar-refractivity contribution is 7.83. The van der Waals surface area contributed by atoms with Gasteiger partial charge in [0.05, 0.1) is 0 Å². The van der Waals surface area contributed by atoms with Crippen molar-refractivity contribution in [3.63, 3.8) is 0 Å². The SMILES string of the molecule is N/C(=C\S)c1cc(F)c(F)cc1F. The molecule has 0 spiro atoms. The van der Waals surface area contributed by atoms with E-state index in [9.17, 15) is 13.2 Å². The Morgan fingerprint density at radius 3 is 2.23 bits per heavy atom. The predicted octanol–water partition coefficient (Wildman–Crippen LogP) is 2.29. The molecule has 0 unspecified atom stereocenters. The second kappa shape index (κ2) is 3.74. The summed E-state index contributed by atoms with van der Waals surface area (Å²) in [6.45, 7) is 0. The van der Waals surface area contributed by atoms with Gasteiger partial charge in [0.2, 0.25) is 0 Å². The number of halogens is 3. The van der Waals surface area contributed by atoms with Crippen molar-refractivity contribution in [3.8, 4) is 0 Å². The van der Waals surface area contributed by atoms with Crippen molar-refractivity contribution in [2.24, 2.45) is 5.73 Å². The minimum atomic E-state index is -1.24. The zero-order valence-corrected chi connectivity index (χ0v) is 7.28. The number of thiol groups is 1. The summed E-state index contributed by atoms with van der Waals surface area (Å²) in [5.74, 6) is -3.30. The minimum Gasteiger partial charge on any atom is -0.398 e. The van der Waals surface area contributed by atoms with Crippen LogP contribution in [0.1, 0.15) is 5.56 Å². The fraction of sp³-hybridized carbons (Fsp3) is 0. The van der Waals surface area contributed by atoms with E-state index in [2.05, 4.69) is 12.6 Å². The van der Waals surface area contributed by atoms with Crippen molar-refractivity contribution in [2.45, 2.75) is 0 Å². The van der Waals surface area contributed by atoms with E-state index in [1.807, 2.05) is 0 Å². The van der Waals surface area contributed by atoms with Gasteiger partial charge in [-0.3, -0.25) is 0 Å². The van der Waals surface area contributed by atoms with Crippen LogP contribution in [0.2, 0.25) is 0 Å². The molecule has 0 saturated carbocycles. The van der Waals surface area contributed by atoms with E-state index in [-0.39, 0.29) is 11.3 Å². The van der Waals surface area contributed by atoms with E-state index >= 15 is 0 Å². The lowest BCUT2D eigenvalue weighted by Gasteiger charge is -2.02. The smallest absolute Gasteiger partial charge is 0.161 e. The van der Waals surface area contributed by atoms with Crippen molar-refractivity contribution in [2.75, 3.05) is 0 Å². The Kier molecular flexibility index (Phi) is 2.87. The molecular weight excluding hydrogens is 199 g/mol. The summed E-state index contributed by atoms with van der Waals surface area (Å²) in [5.41, 5.74) is 5.01. The highest BCUT2D eigenvalue weighted by Crippen LogP contribution is 2.18. The van der Waals surface area contributed by atoms with E-state index in [4.69, 9.17) is 5.73 Å². The Morgan fingerprint density at radius 2 is 1.69 bits per heavy atom. The van der Waals surface area contributed by atoms with Crippen molar-refractivity contribution >= 4 is 18.3 Å². The third kappa shape index (κ3) is 1.98. The fourth-order valence-corrected chi connectivity index (χ4v) is 0.952. The normalized spacial score (nSPS) is 11.8. The Morgan fingerprint density at radius 1 is 1.15 bits per heavy atom. The number of nitrogens with two attached hydrogens (primary N) is 1. The third-order valence-corrected chi connectivity index (χ3v) is 1.74. The van der Waals surface area contributed by atoms with Crippen LogP contribution < -0.4 is 5.73 Å². The van der Waals surface area contributed by atoms with Crippen LogP contribution in [0.25, 0.3) is 5.70 Å². The molecule has 0 aliphatic rings. The lowest BCUT2D eigenvalue weighted by atomic mass is 10.1. The van der Waals surface area contributed by atoms with Crippen LogP contribution >= 0.6 is 12.6 Å². The monoisotopic (exact) mass is 205 g/mol. The quantitative estimate of drug-likeness (QED) is 0.534. The van der Waals surface area contributed by atoms with Crippen LogP contribution in [0.5, 0.6) is 0 Å². The topological polar surface area (TPSA) is 26.0 Å². The molecule has 0 aliphatic heterocycles. The Hall–Kier alpha value is -1.10. The molecule has 70 valence electrons. The molecule has 0 fully saturated rings. The standard InChI is InChI=1S/C8H6F3NS/c9-5-2-7(11)6(10)1-4(5)8(12)3-13/h1-3,13H,12H2/b8-3-. The van der Waals surface area contributed by atoms with Gasteiger partial charge in [-0.2, -0.15) is 0 Å². The van der Waals surface area contributed by atoms with E-state index in [1.165, 1.54) is 0 Å². The summed E-state index contributed by atoms with van der Waals surface area (Å²) in [4.78, 5) is 0. The van der Waals surface area contributed by atoms with Crippen molar-refractivity contribution in [1.29, 1.82) is 0 Å². The van der Waals surface area contributed by atoms with Crippen LogP contribution in [-0.2, 0) is 0 Å². The molecule has 1 aromatic rings. The van der Waals surface area contributed by atoms with Crippen molar-refractivity contribution in [3.05, 3.63) is 40.6 Å². The number of hydrogen-bond donors (Lipinski definition) is 2. The predicted molar refractivity (Wildman–Crippen MR) is 47.5 cm³/mol. The van der Waals surface area contributed by atoms with Crippen LogP contribution in [0.3, 0.4) is 0 Å². The van der Waals surface area contributed by atoms with Gasteiger partial charge >= 0.3 is 0 Å². The molecule has 0 bridgehead atoms. The average molecular weight is 205 g/mol. The minimum absolute atomic E-state index is 0.0558. The van der Waals surface area contributed by atoms with Crippen LogP contribution in [-0.4, -0.2) is 0 Å². The van der Waals surface area contributed by atoms with Gasteiger partial charge in [0.1, 0.15) is 5.82 Å². The molecule has 0 amide bonds. The maximum absolute atomic E-state index is 12.9. The van der Waals surface area contributed by atoms with Crippen LogP contribution in [0.4, 0.5) is 13.2 Å². The molecule has 0 radical (unpaired) electrons. The van der Waals surface area contributed by atoms with Gasteiger partial charge in [-0.25, -0.2) is 13.2 Å². The van der Waals surface area contributed by atoms with Gasteiger partial charge in [0.15, 0.2) is 11.6 Å². The van der Waals surface area contributed by atoms with E-state index in [0.717, 1.165) is 5.41 Å². The second-order valence-electron chi connectivity index (χ2n) is 2.33. The molecule has 1 nitrogen and oxygen atoms in total. The summed E-state index contributed by atoms with van der Waals surface area (Å²) in [7, 11) is 0. The molecule has 5 heteroatoms. The van der Waals surface area contributed by atoms with Gasteiger partial charge in [-0.1, -0.05) is 0 Å². The van der Waals surface area contributed by atoms with Crippen LogP contribution in [0.15, 0.2) is 17.5 Å². The summed E-state index contributed by atoms with van der Waals surface area (Å²) in [5, 5.41) is 1.11. The van der Waals surface area contributed by atoms with E-state index in [1.54, 1.807) is 0 Å². The molecule has 13 heavy (non-hydrogen) atoms. The van der Waals surface area contributed by atoms with Gasteiger partial charge in [-0.05, 0) is 11.5 Å². The summed E-state index contributed by atoms with van der Waals surface area (Å²) < 4.78 is 37.9. The number of hydrogen-bond acceptors (Lipinski definition) is 2. The summed E-state index contributed by atoms with van der Waals surface area (Å²) >= 11 is 3.66. The highest BCUT2D eigenvalue weighted by atomic mass is 32.1. The van der Waals surface area contributed by atoms with Gasteiger partial charge in [0, 0.05) is 17.3 Å². The lowest BCUT2D eigenvalue weighted by molar-refractivity contribution is 0.493. The Balaban J connectivity index is 3.32. The lowest BCUT2D eigenvalue weighted by Crippen LogP contribution is -2.01. The molecule has 0 atom stereocenters. The first-order chi connectivity index (χ1) is 6.06. The maximum Gasteiger partial charge on any atom is 0.161 e. The first-order valence-corrected chi connectivity index (χ1v) is 3.82. The van der Waals surface area contributed by atoms with Gasteiger partial charge < -0.3 is 5.73 Å². The molecular formula is C8H6F3NS. The molecule has 1 aromatic carbocycles. The molecule has 2 N–H and O–H groups in total. The highest BCUT2D eigenvalue weighted by Gasteiger charge is 2.10. The second-order valence-corrected chi connectivity index (χ2v) is 2.59. The maximum atomic E-state index is 12.9. The zero-order valence-electron chi connectivity index (χ0n) is 6.39. The average Bonchev–Trinajstić information content (AvgIpc) is 2.10. The fourth-order valence-electron chi connectivity index (χ4n) is 0.813. The van der Waals surface area contributed by atoms with Gasteiger partial charge in [0.25, 0.3) is 0 Å². The van der Waals surface area contributed by atoms with Crippen LogP contribution in [0, 0.1) is 17.5 Å². The van der Waals surface area contributed by atoms with Gasteiger partial charge in [-0.15, -0.1) is 12.6 Å². The number of rotatable bonds is 1. The molecule has 0 saturated heterocycles. The number of benzene rings is 1. The van der Waals surface area contributed by atoms with Crippen molar-refractivity contribution < 1.29 is 13.2 Å².